The topological polar surface area (TPSA) is 64.7 Å². The molecule has 0 aromatic heterocycles. The first kappa shape index (κ1) is 18.9. The molecule has 4 rings (SSSR count). The summed E-state index contributed by atoms with van der Waals surface area (Å²) < 4.78 is 5.99. The van der Waals surface area contributed by atoms with Gasteiger partial charge in [0.1, 0.15) is 18.1 Å². The third-order valence-corrected chi connectivity index (χ3v) is 5.54. The number of nitrogens with zero attached hydrogens (tertiary/aromatic N) is 1. The number of benzene rings is 3. The number of carbonyl (C=O) groups is 1. The fourth-order valence-electron chi connectivity index (χ4n) is 4.10. The molecule has 1 amide bonds. The van der Waals surface area contributed by atoms with Gasteiger partial charge in [0.05, 0.1) is 0 Å². The van der Waals surface area contributed by atoms with Crippen LogP contribution >= 0.6 is 0 Å². The zero-order valence-corrected chi connectivity index (χ0v) is 16.5. The van der Waals surface area contributed by atoms with Gasteiger partial charge in [-0.2, -0.15) is 0 Å². The summed E-state index contributed by atoms with van der Waals surface area (Å²) in [5, 5.41) is 0. The number of fused-ring (bicyclic) bond motifs is 1. The van der Waals surface area contributed by atoms with Gasteiger partial charge in [0.2, 0.25) is 0 Å². The monoisotopic (exact) mass is 384 g/mol. The van der Waals surface area contributed by atoms with Crippen molar-refractivity contribution in [2.24, 2.45) is 10.7 Å². The maximum atomic E-state index is 11.7. The Labute approximate surface area is 171 Å². The van der Waals surface area contributed by atoms with E-state index in [9.17, 15) is 4.79 Å². The molecule has 146 valence electrons. The molecule has 0 saturated heterocycles. The van der Waals surface area contributed by atoms with Crippen molar-refractivity contribution < 1.29 is 9.53 Å². The number of ether oxygens (including phenoxy) is 1. The Kier molecular flexibility index (Phi) is 5.43. The van der Waals surface area contributed by atoms with Gasteiger partial charge in [-0.15, -0.1) is 0 Å². The summed E-state index contributed by atoms with van der Waals surface area (Å²) >= 11 is 0. The summed E-state index contributed by atoms with van der Waals surface area (Å²) in [5.41, 5.74) is 11.5. The molecule has 0 aliphatic heterocycles. The van der Waals surface area contributed by atoms with E-state index in [1.165, 1.54) is 16.7 Å². The van der Waals surface area contributed by atoms with Crippen LogP contribution in [-0.4, -0.2) is 18.7 Å². The highest BCUT2D eigenvalue weighted by molar-refractivity contribution is 6.45. The highest BCUT2D eigenvalue weighted by Crippen LogP contribution is 2.38. The molecular weight excluding hydrogens is 360 g/mol. The van der Waals surface area contributed by atoms with E-state index < -0.39 is 5.91 Å². The minimum Gasteiger partial charge on any atom is -0.489 e. The molecule has 0 saturated carbocycles. The van der Waals surface area contributed by atoms with Gasteiger partial charge in [0.25, 0.3) is 5.91 Å². The Morgan fingerprint density at radius 2 is 1.76 bits per heavy atom. The van der Waals surface area contributed by atoms with E-state index in [0.717, 1.165) is 24.2 Å². The van der Waals surface area contributed by atoms with Crippen molar-refractivity contribution in [1.29, 1.82) is 0 Å². The second kappa shape index (κ2) is 8.31. The third kappa shape index (κ3) is 3.92. The van der Waals surface area contributed by atoms with Crippen molar-refractivity contribution in [3.63, 3.8) is 0 Å². The van der Waals surface area contributed by atoms with E-state index in [0.29, 0.717) is 18.1 Å². The van der Waals surface area contributed by atoms with Crippen molar-refractivity contribution in [3.05, 3.63) is 101 Å². The number of carbonyl (C=O) groups excluding carboxylic acids is 1. The van der Waals surface area contributed by atoms with Gasteiger partial charge in [0, 0.05) is 18.5 Å². The molecule has 0 spiro atoms. The molecule has 2 N–H and O–H groups in total. The molecule has 4 heteroatoms. The lowest BCUT2D eigenvalue weighted by Crippen LogP contribution is -2.25. The number of rotatable bonds is 6. The Morgan fingerprint density at radius 3 is 2.52 bits per heavy atom. The average Bonchev–Trinajstić information content (AvgIpc) is 3.18. The number of amides is 1. The van der Waals surface area contributed by atoms with E-state index in [4.69, 9.17) is 10.5 Å². The smallest absolute Gasteiger partial charge is 0.267 e. The Hall–Kier alpha value is -3.40. The zero-order chi connectivity index (χ0) is 20.2. The molecular formula is C25H24N2O2. The van der Waals surface area contributed by atoms with Crippen molar-refractivity contribution >= 4 is 11.6 Å². The van der Waals surface area contributed by atoms with Crippen LogP contribution in [0.3, 0.4) is 0 Å². The second-order valence-electron chi connectivity index (χ2n) is 7.24. The van der Waals surface area contributed by atoms with Crippen molar-refractivity contribution in [2.45, 2.75) is 25.4 Å². The first-order valence-electron chi connectivity index (χ1n) is 9.83. The standard InChI is InChI=1S/C25H24N2O2/c1-27-24(25(26)28)23-9-5-3-7-19(23)16-29-20-13-10-18(11-14-20)22-15-12-17-6-2-4-8-21(17)22/h2-11,13-14,22H,12,15-16H2,1H3,(H2,26,28). The Bertz CT molecular complexity index is 1050. The molecule has 1 atom stereocenters. The molecule has 1 aliphatic carbocycles. The third-order valence-electron chi connectivity index (χ3n) is 5.54. The molecule has 0 bridgehead atoms. The number of nitrogens with two attached hydrogens (primary N) is 1. The summed E-state index contributed by atoms with van der Waals surface area (Å²) in [6, 6.07) is 24.6. The highest BCUT2D eigenvalue weighted by Gasteiger charge is 2.23. The van der Waals surface area contributed by atoms with Crippen LogP contribution in [0.15, 0.2) is 77.8 Å². The van der Waals surface area contributed by atoms with Crippen LogP contribution < -0.4 is 10.5 Å². The van der Waals surface area contributed by atoms with Crippen LogP contribution in [0.2, 0.25) is 0 Å². The summed E-state index contributed by atoms with van der Waals surface area (Å²) in [7, 11) is 1.57. The average molecular weight is 384 g/mol. The summed E-state index contributed by atoms with van der Waals surface area (Å²) in [4.78, 5) is 15.7. The predicted molar refractivity (Wildman–Crippen MR) is 115 cm³/mol. The molecule has 1 aliphatic rings. The van der Waals surface area contributed by atoms with Crippen molar-refractivity contribution in [3.8, 4) is 5.75 Å². The number of aliphatic imine (C=N–C) groups is 1. The maximum absolute atomic E-state index is 11.7. The van der Waals surface area contributed by atoms with Crippen LogP contribution in [0.1, 0.15) is 40.2 Å². The first-order valence-corrected chi connectivity index (χ1v) is 9.83. The van der Waals surface area contributed by atoms with Gasteiger partial charge < -0.3 is 10.5 Å². The Balaban J connectivity index is 1.48. The van der Waals surface area contributed by atoms with E-state index in [1.54, 1.807) is 7.05 Å². The SMILES string of the molecule is CN=C(C(N)=O)c1ccccc1COc1ccc(C2CCc3ccccc32)cc1. The quantitative estimate of drug-likeness (QED) is 0.646. The van der Waals surface area contributed by atoms with Crippen LogP contribution in [0, 0.1) is 0 Å². The number of aryl methyl sites for hydroxylation is 1. The second-order valence-corrected chi connectivity index (χ2v) is 7.24. The predicted octanol–water partition coefficient (Wildman–Crippen LogP) is 4.25. The lowest BCUT2D eigenvalue weighted by Gasteiger charge is -2.14. The van der Waals surface area contributed by atoms with Gasteiger partial charge in [-0.25, -0.2) is 0 Å². The number of hydrogen-bond donors (Lipinski definition) is 1. The van der Waals surface area contributed by atoms with E-state index >= 15 is 0 Å². The maximum Gasteiger partial charge on any atom is 0.267 e. The van der Waals surface area contributed by atoms with Gasteiger partial charge in [0.15, 0.2) is 0 Å². The molecule has 0 radical (unpaired) electrons. The van der Waals surface area contributed by atoms with Crippen LogP contribution in [0.25, 0.3) is 0 Å². The number of primary amides is 1. The Morgan fingerprint density at radius 1 is 1.03 bits per heavy atom. The summed E-state index contributed by atoms with van der Waals surface area (Å²) in [5.74, 6) is 0.713. The normalized spacial score (nSPS) is 15.8. The van der Waals surface area contributed by atoms with E-state index in [1.807, 2.05) is 36.4 Å². The molecule has 0 fully saturated rings. The lowest BCUT2D eigenvalue weighted by molar-refractivity contribution is -0.111. The van der Waals surface area contributed by atoms with Gasteiger partial charge >= 0.3 is 0 Å². The molecule has 3 aromatic rings. The van der Waals surface area contributed by atoms with Gasteiger partial charge in [-0.1, -0.05) is 60.7 Å². The summed E-state index contributed by atoms with van der Waals surface area (Å²) in [6.45, 7) is 0.341. The van der Waals surface area contributed by atoms with Crippen molar-refractivity contribution in [1.82, 2.24) is 0 Å². The van der Waals surface area contributed by atoms with Gasteiger partial charge in [-0.3, -0.25) is 9.79 Å². The minimum absolute atomic E-state index is 0.263. The van der Waals surface area contributed by atoms with Crippen LogP contribution in [0.5, 0.6) is 5.75 Å². The fourth-order valence-corrected chi connectivity index (χ4v) is 4.10. The van der Waals surface area contributed by atoms with Crippen molar-refractivity contribution in [2.75, 3.05) is 7.05 Å². The van der Waals surface area contributed by atoms with Crippen LogP contribution in [-0.2, 0) is 17.8 Å². The fraction of sp³-hybridized carbons (Fsp3) is 0.200. The molecule has 4 nitrogen and oxygen atoms in total. The number of hydrogen-bond acceptors (Lipinski definition) is 3. The molecule has 3 aromatic carbocycles. The lowest BCUT2D eigenvalue weighted by atomic mass is 9.93. The molecule has 29 heavy (non-hydrogen) atoms. The first-order chi connectivity index (χ1) is 14.2. The van der Waals surface area contributed by atoms with Gasteiger partial charge in [-0.05, 0) is 47.2 Å². The highest BCUT2D eigenvalue weighted by atomic mass is 16.5. The molecule has 1 unspecified atom stereocenters. The summed E-state index contributed by atoms with van der Waals surface area (Å²) in [6.07, 6.45) is 2.29. The van der Waals surface area contributed by atoms with E-state index in [2.05, 4.69) is 41.4 Å². The zero-order valence-electron chi connectivity index (χ0n) is 16.5. The van der Waals surface area contributed by atoms with E-state index in [-0.39, 0.29) is 5.71 Å². The minimum atomic E-state index is -0.541. The van der Waals surface area contributed by atoms with Crippen LogP contribution in [0.4, 0.5) is 0 Å². The molecule has 0 heterocycles. The largest absolute Gasteiger partial charge is 0.489 e.